The van der Waals surface area contributed by atoms with E-state index in [1.54, 1.807) is 13.8 Å². The molecule has 0 spiro atoms. The second kappa shape index (κ2) is 8.36. The number of sulfonamides is 1. The summed E-state index contributed by atoms with van der Waals surface area (Å²) in [6, 6.07) is 11.6. The summed E-state index contributed by atoms with van der Waals surface area (Å²) in [5.74, 6) is 0. The molecule has 140 valence electrons. The van der Waals surface area contributed by atoms with Crippen molar-refractivity contribution in [1.82, 2.24) is 4.83 Å². The molecule has 0 radical (unpaired) electrons. The van der Waals surface area contributed by atoms with Gasteiger partial charge < -0.3 is 4.90 Å². The van der Waals surface area contributed by atoms with Crippen LogP contribution in [0.25, 0.3) is 0 Å². The van der Waals surface area contributed by atoms with Gasteiger partial charge in [0.25, 0.3) is 10.0 Å². The molecule has 0 saturated carbocycles. The SMILES string of the molecule is CCN(CC)c1ccc(/C=N/NS(=O)(=O)c2c(C)cc(C)cc2C)cc1. The number of hydrogen-bond donors (Lipinski definition) is 1. The number of hydrogen-bond acceptors (Lipinski definition) is 4. The number of anilines is 1. The van der Waals surface area contributed by atoms with Crippen molar-refractivity contribution in [3.8, 4) is 0 Å². The molecule has 26 heavy (non-hydrogen) atoms. The zero-order chi connectivity index (χ0) is 19.3. The Bertz CT molecular complexity index is 861. The Morgan fingerprint density at radius 1 is 1.00 bits per heavy atom. The highest BCUT2D eigenvalue weighted by Gasteiger charge is 2.19. The van der Waals surface area contributed by atoms with E-state index in [9.17, 15) is 8.42 Å². The Hall–Kier alpha value is -2.34. The lowest BCUT2D eigenvalue weighted by atomic mass is 10.1. The van der Waals surface area contributed by atoms with E-state index in [1.807, 2.05) is 43.3 Å². The van der Waals surface area contributed by atoms with Gasteiger partial charge in [-0.25, -0.2) is 4.83 Å². The van der Waals surface area contributed by atoms with E-state index in [0.717, 1.165) is 29.9 Å². The smallest absolute Gasteiger partial charge is 0.277 e. The largest absolute Gasteiger partial charge is 0.372 e. The molecule has 0 amide bonds. The van der Waals surface area contributed by atoms with Gasteiger partial charge in [-0.15, -0.1) is 0 Å². The molecular formula is C20H27N3O2S. The Balaban J connectivity index is 2.15. The molecule has 0 atom stereocenters. The standard InChI is InChI=1S/C20H27N3O2S/c1-6-23(7-2)19-10-8-18(9-11-19)14-21-22-26(24,25)20-16(4)12-15(3)13-17(20)5/h8-14,22H,6-7H2,1-5H3/b21-14+. The number of aryl methyl sites for hydroxylation is 3. The quantitative estimate of drug-likeness (QED) is 0.594. The minimum atomic E-state index is -3.69. The highest BCUT2D eigenvalue weighted by atomic mass is 32.2. The van der Waals surface area contributed by atoms with Gasteiger partial charge in [-0.2, -0.15) is 13.5 Å². The normalized spacial score (nSPS) is 11.7. The van der Waals surface area contributed by atoms with Crippen molar-refractivity contribution in [1.29, 1.82) is 0 Å². The van der Waals surface area contributed by atoms with Gasteiger partial charge >= 0.3 is 0 Å². The fraction of sp³-hybridized carbons (Fsp3) is 0.350. The number of benzene rings is 2. The first-order valence-corrected chi connectivity index (χ1v) is 10.2. The highest BCUT2D eigenvalue weighted by molar-refractivity contribution is 7.89. The average Bonchev–Trinajstić information content (AvgIpc) is 2.56. The first-order chi connectivity index (χ1) is 12.3. The summed E-state index contributed by atoms with van der Waals surface area (Å²) in [7, 11) is -3.69. The van der Waals surface area contributed by atoms with Gasteiger partial charge in [0.1, 0.15) is 0 Å². The molecule has 1 N–H and O–H groups in total. The van der Waals surface area contributed by atoms with E-state index in [4.69, 9.17) is 0 Å². The van der Waals surface area contributed by atoms with Gasteiger partial charge in [0.15, 0.2) is 0 Å². The van der Waals surface area contributed by atoms with Crippen molar-refractivity contribution < 1.29 is 8.42 Å². The number of rotatable bonds is 7. The van der Waals surface area contributed by atoms with E-state index in [1.165, 1.54) is 6.21 Å². The molecule has 0 unspecified atom stereocenters. The zero-order valence-corrected chi connectivity index (χ0v) is 16.9. The van der Waals surface area contributed by atoms with Gasteiger partial charge in [-0.05, 0) is 63.4 Å². The molecule has 0 aromatic heterocycles. The molecule has 0 saturated heterocycles. The number of hydrazone groups is 1. The molecule has 2 aromatic rings. The van der Waals surface area contributed by atoms with Crippen LogP contribution in [0.1, 0.15) is 36.1 Å². The first kappa shape index (κ1) is 20.0. The predicted octanol–water partition coefficient (Wildman–Crippen LogP) is 3.77. The van der Waals surface area contributed by atoms with Crippen molar-refractivity contribution in [2.24, 2.45) is 5.10 Å². The lowest BCUT2D eigenvalue weighted by Crippen LogP contribution is -2.21. The summed E-state index contributed by atoms with van der Waals surface area (Å²) in [5.41, 5.74) is 4.44. The Morgan fingerprint density at radius 2 is 1.54 bits per heavy atom. The Kier molecular flexibility index (Phi) is 6.42. The molecule has 0 aliphatic carbocycles. The number of nitrogens with one attached hydrogen (secondary N) is 1. The van der Waals surface area contributed by atoms with E-state index >= 15 is 0 Å². The van der Waals surface area contributed by atoms with Crippen LogP contribution in [0.5, 0.6) is 0 Å². The average molecular weight is 374 g/mol. The molecule has 0 fully saturated rings. The molecule has 2 rings (SSSR count). The van der Waals surface area contributed by atoms with Crippen molar-refractivity contribution >= 4 is 21.9 Å². The van der Waals surface area contributed by atoms with Crippen LogP contribution in [0.15, 0.2) is 46.4 Å². The third-order valence-electron chi connectivity index (χ3n) is 4.28. The summed E-state index contributed by atoms with van der Waals surface area (Å²) in [5, 5.41) is 3.93. The molecule has 5 nitrogen and oxygen atoms in total. The maximum Gasteiger partial charge on any atom is 0.277 e. The topological polar surface area (TPSA) is 61.8 Å². The lowest BCUT2D eigenvalue weighted by Gasteiger charge is -2.20. The summed E-state index contributed by atoms with van der Waals surface area (Å²) < 4.78 is 25.1. The van der Waals surface area contributed by atoms with Gasteiger partial charge in [-0.3, -0.25) is 0 Å². The van der Waals surface area contributed by atoms with Crippen molar-refractivity contribution in [2.45, 2.75) is 39.5 Å². The predicted molar refractivity (Wildman–Crippen MR) is 109 cm³/mol. The maximum absolute atomic E-state index is 12.6. The van der Waals surface area contributed by atoms with Crippen molar-refractivity contribution in [3.05, 3.63) is 58.7 Å². The van der Waals surface area contributed by atoms with E-state index < -0.39 is 10.0 Å². The van der Waals surface area contributed by atoms with Crippen LogP contribution in [0.3, 0.4) is 0 Å². The van der Waals surface area contributed by atoms with E-state index in [2.05, 4.69) is 28.7 Å². The lowest BCUT2D eigenvalue weighted by molar-refractivity contribution is 0.583. The van der Waals surface area contributed by atoms with Gasteiger partial charge in [0.2, 0.25) is 0 Å². The highest BCUT2D eigenvalue weighted by Crippen LogP contribution is 2.21. The molecular weight excluding hydrogens is 346 g/mol. The van der Waals surface area contributed by atoms with Crippen LogP contribution in [0.2, 0.25) is 0 Å². The third kappa shape index (κ3) is 4.64. The van der Waals surface area contributed by atoms with Crippen LogP contribution in [-0.4, -0.2) is 27.7 Å². The molecule has 0 aliphatic heterocycles. The van der Waals surface area contributed by atoms with Crippen LogP contribution < -0.4 is 9.73 Å². The second-order valence-corrected chi connectivity index (χ2v) is 7.94. The Morgan fingerprint density at radius 3 is 2.04 bits per heavy atom. The van der Waals surface area contributed by atoms with Gasteiger partial charge in [0.05, 0.1) is 11.1 Å². The summed E-state index contributed by atoms with van der Waals surface area (Å²) in [6.45, 7) is 11.7. The van der Waals surface area contributed by atoms with Crippen LogP contribution in [0, 0.1) is 20.8 Å². The van der Waals surface area contributed by atoms with E-state index in [-0.39, 0.29) is 4.90 Å². The van der Waals surface area contributed by atoms with Crippen LogP contribution in [0.4, 0.5) is 5.69 Å². The van der Waals surface area contributed by atoms with Crippen LogP contribution >= 0.6 is 0 Å². The van der Waals surface area contributed by atoms with Crippen molar-refractivity contribution in [2.75, 3.05) is 18.0 Å². The first-order valence-electron chi connectivity index (χ1n) is 8.76. The third-order valence-corrected chi connectivity index (χ3v) is 5.81. The van der Waals surface area contributed by atoms with Gasteiger partial charge in [0, 0.05) is 18.8 Å². The minimum Gasteiger partial charge on any atom is -0.372 e. The fourth-order valence-electron chi connectivity index (χ4n) is 3.17. The summed E-state index contributed by atoms with van der Waals surface area (Å²) >= 11 is 0. The molecule has 2 aromatic carbocycles. The molecule has 6 heteroatoms. The fourth-order valence-corrected chi connectivity index (χ4v) is 4.41. The number of nitrogens with zero attached hydrogens (tertiary/aromatic N) is 2. The zero-order valence-electron chi connectivity index (χ0n) is 16.1. The Labute approximate surface area is 156 Å². The molecule has 0 heterocycles. The molecule has 0 bridgehead atoms. The van der Waals surface area contributed by atoms with Crippen LogP contribution in [-0.2, 0) is 10.0 Å². The van der Waals surface area contributed by atoms with Crippen molar-refractivity contribution in [3.63, 3.8) is 0 Å². The summed E-state index contributed by atoms with van der Waals surface area (Å²) in [6.07, 6.45) is 1.52. The monoisotopic (exact) mass is 373 g/mol. The van der Waals surface area contributed by atoms with Gasteiger partial charge in [-0.1, -0.05) is 29.8 Å². The second-order valence-electron chi connectivity index (χ2n) is 6.34. The minimum absolute atomic E-state index is 0.289. The van der Waals surface area contributed by atoms with E-state index in [0.29, 0.717) is 11.1 Å². The summed E-state index contributed by atoms with van der Waals surface area (Å²) in [4.78, 5) is 4.85. The molecule has 0 aliphatic rings. The maximum atomic E-state index is 12.6.